The van der Waals surface area contributed by atoms with E-state index in [1.807, 2.05) is 0 Å². The van der Waals surface area contributed by atoms with Gasteiger partial charge in [-0.3, -0.25) is 0 Å². The van der Waals surface area contributed by atoms with Gasteiger partial charge in [0.1, 0.15) is 5.41 Å². The highest BCUT2D eigenvalue weighted by Crippen LogP contribution is 3.01. The molecule has 0 bridgehead atoms. The van der Waals surface area contributed by atoms with Crippen LogP contribution in [0.5, 0.6) is 0 Å². The van der Waals surface area contributed by atoms with Crippen LogP contribution in [-0.2, 0) is 0 Å². The first-order chi connectivity index (χ1) is 6.93. The topological polar surface area (TPSA) is 12.9 Å². The minimum Gasteiger partial charge on any atom is -0.242 e. The summed E-state index contributed by atoms with van der Waals surface area (Å²) < 4.78 is 75.8. The Hall–Kier alpha value is -0.700. The fourth-order valence-electron chi connectivity index (χ4n) is 0.854. The van der Waals surface area contributed by atoms with Crippen LogP contribution in [0.15, 0.2) is 39.3 Å². The molecule has 0 aliphatic heterocycles. The van der Waals surface area contributed by atoms with Gasteiger partial charge in [-0.05, 0) is 28.1 Å². The van der Waals surface area contributed by atoms with E-state index in [4.69, 9.17) is 0 Å². The highest BCUT2D eigenvalue weighted by atomic mass is 79.9. The maximum absolute atomic E-state index is 13.1. The molecule has 0 fully saturated rings. The van der Waals surface area contributed by atoms with Crippen molar-refractivity contribution in [2.24, 2.45) is 0 Å². The minimum absolute atomic E-state index is 0.175. The molecule has 0 radical (unpaired) electrons. The van der Waals surface area contributed by atoms with E-state index in [2.05, 4.69) is 20.9 Å². The van der Waals surface area contributed by atoms with Gasteiger partial charge in [0.15, 0.2) is 5.03 Å². The SMILES string of the molecule is FC(F)=CS(F)(F)(F)(F)c1ccc(Br)cn1. The van der Waals surface area contributed by atoms with Gasteiger partial charge in [-0.15, -0.1) is 15.5 Å². The first-order valence-electron chi connectivity index (χ1n) is 3.59. The normalized spacial score (nSPS) is 16.2. The van der Waals surface area contributed by atoms with Crippen molar-refractivity contribution in [3.8, 4) is 0 Å². The number of hydrogen-bond acceptors (Lipinski definition) is 1. The molecular formula is C7H4BrF6NS. The van der Waals surface area contributed by atoms with E-state index in [1.165, 1.54) is 0 Å². The van der Waals surface area contributed by atoms with Crippen molar-refractivity contribution in [3.05, 3.63) is 34.3 Å². The van der Waals surface area contributed by atoms with Gasteiger partial charge in [0.05, 0.1) is 0 Å². The number of nitrogens with zero attached hydrogens (tertiary/aromatic N) is 1. The van der Waals surface area contributed by atoms with E-state index in [0.717, 1.165) is 6.07 Å². The highest BCUT2D eigenvalue weighted by molar-refractivity contribution is 9.10. The van der Waals surface area contributed by atoms with Gasteiger partial charge in [0, 0.05) is 10.7 Å². The van der Waals surface area contributed by atoms with Crippen molar-refractivity contribution in [1.29, 1.82) is 0 Å². The molecule has 1 aromatic heterocycles. The van der Waals surface area contributed by atoms with Crippen molar-refractivity contribution in [2.75, 3.05) is 0 Å². The first kappa shape index (κ1) is 13.4. The zero-order valence-electron chi connectivity index (χ0n) is 7.31. The molecule has 0 unspecified atom stereocenters. The molecule has 0 amide bonds. The summed E-state index contributed by atoms with van der Waals surface area (Å²) in [5.41, 5.74) is 0. The van der Waals surface area contributed by atoms with E-state index < -0.39 is 26.4 Å². The predicted octanol–water partition coefficient (Wildman–Crippen LogP) is 5.35. The molecule has 9 heteroatoms. The molecule has 0 saturated carbocycles. The maximum atomic E-state index is 13.1. The summed E-state index contributed by atoms with van der Waals surface area (Å²) in [5, 5.41) is -3.56. The van der Waals surface area contributed by atoms with Gasteiger partial charge in [0.25, 0.3) is 6.08 Å². The Kier molecular flexibility index (Phi) is 2.64. The van der Waals surface area contributed by atoms with Crippen LogP contribution in [-0.4, -0.2) is 4.98 Å². The molecule has 0 spiro atoms. The zero-order valence-corrected chi connectivity index (χ0v) is 9.71. The summed E-state index contributed by atoms with van der Waals surface area (Å²) in [6, 6.07) is 1.16. The maximum Gasteiger partial charge on any atom is 0.283 e. The number of aromatic nitrogens is 1. The monoisotopic (exact) mass is 327 g/mol. The van der Waals surface area contributed by atoms with Crippen LogP contribution in [0.3, 0.4) is 0 Å². The Balaban J connectivity index is 3.49. The number of hydrogen-bond donors (Lipinski definition) is 0. The number of rotatable bonds is 2. The third-order valence-corrected chi connectivity index (χ3v) is 3.70. The lowest BCUT2D eigenvalue weighted by Crippen LogP contribution is -2.12. The number of halogens is 7. The highest BCUT2D eigenvalue weighted by Gasteiger charge is 2.65. The van der Waals surface area contributed by atoms with Gasteiger partial charge in [-0.2, -0.15) is 8.78 Å². The van der Waals surface area contributed by atoms with Crippen LogP contribution in [0, 0.1) is 0 Å². The van der Waals surface area contributed by atoms with Crippen molar-refractivity contribution >= 4 is 25.8 Å². The second kappa shape index (κ2) is 3.16. The summed E-state index contributed by atoms with van der Waals surface area (Å²) in [5.74, 6) is 0. The Labute approximate surface area is 94.7 Å². The van der Waals surface area contributed by atoms with Crippen LogP contribution >= 0.6 is 25.8 Å². The van der Waals surface area contributed by atoms with E-state index in [0.29, 0.717) is 12.3 Å². The second-order valence-corrected chi connectivity index (χ2v) is 6.69. The molecule has 16 heavy (non-hydrogen) atoms. The van der Waals surface area contributed by atoms with Crippen LogP contribution < -0.4 is 0 Å². The van der Waals surface area contributed by atoms with Crippen molar-refractivity contribution in [2.45, 2.75) is 5.03 Å². The molecule has 0 atom stereocenters. The van der Waals surface area contributed by atoms with Crippen LogP contribution in [0.2, 0.25) is 0 Å². The summed E-state index contributed by atoms with van der Waals surface area (Å²) in [6.07, 6.45) is -2.47. The van der Waals surface area contributed by atoms with Gasteiger partial charge in [-0.1, -0.05) is 0 Å². The smallest absolute Gasteiger partial charge is 0.242 e. The van der Waals surface area contributed by atoms with Crippen molar-refractivity contribution in [3.63, 3.8) is 0 Å². The molecule has 1 rings (SSSR count). The molecule has 92 valence electrons. The van der Waals surface area contributed by atoms with E-state index in [-0.39, 0.29) is 4.47 Å². The van der Waals surface area contributed by atoms with Gasteiger partial charge < -0.3 is 0 Å². The average molecular weight is 328 g/mol. The molecule has 0 saturated heterocycles. The second-order valence-electron chi connectivity index (χ2n) is 2.85. The fourth-order valence-corrected chi connectivity index (χ4v) is 2.19. The largest absolute Gasteiger partial charge is 0.283 e. The quantitative estimate of drug-likeness (QED) is 0.667. The molecular weight excluding hydrogens is 324 g/mol. The standard InChI is InChI=1S/C7H4BrF6NS/c8-5-1-2-7(15-3-5)16(11,12,13,14)4-6(9)10/h1-4H. The molecule has 1 heterocycles. The van der Waals surface area contributed by atoms with E-state index >= 15 is 0 Å². The molecule has 0 aromatic carbocycles. The Morgan fingerprint density at radius 2 is 1.75 bits per heavy atom. The zero-order chi connectivity index (χ0) is 12.7. The average Bonchev–Trinajstić information content (AvgIpc) is 1.99. The summed E-state index contributed by atoms with van der Waals surface area (Å²) in [6.45, 7) is 0. The Bertz CT molecular complexity index is 445. The van der Waals surface area contributed by atoms with Crippen LogP contribution in [0.25, 0.3) is 0 Å². The molecule has 1 nitrogen and oxygen atoms in total. The minimum atomic E-state index is -9.12. The Morgan fingerprint density at radius 1 is 1.19 bits per heavy atom. The molecule has 0 aliphatic carbocycles. The van der Waals surface area contributed by atoms with E-state index in [9.17, 15) is 24.3 Å². The van der Waals surface area contributed by atoms with Gasteiger partial charge >= 0.3 is 0 Å². The van der Waals surface area contributed by atoms with Crippen molar-refractivity contribution in [1.82, 2.24) is 4.98 Å². The van der Waals surface area contributed by atoms with Gasteiger partial charge in [-0.25, -0.2) is 4.98 Å². The van der Waals surface area contributed by atoms with Crippen LogP contribution in [0.4, 0.5) is 24.3 Å². The van der Waals surface area contributed by atoms with E-state index in [1.54, 1.807) is 0 Å². The molecule has 0 aliphatic rings. The lowest BCUT2D eigenvalue weighted by molar-refractivity contribution is 0.409. The van der Waals surface area contributed by atoms with Gasteiger partial charge in [0.2, 0.25) is 9.84 Å². The number of pyridine rings is 1. The third kappa shape index (κ3) is 2.91. The first-order valence-corrected chi connectivity index (χ1v) is 6.50. The lowest BCUT2D eigenvalue weighted by atomic mass is 10.5. The molecule has 0 N–H and O–H groups in total. The molecule has 1 aromatic rings. The summed E-state index contributed by atoms with van der Waals surface area (Å²) in [4.78, 5) is 2.77. The predicted molar refractivity (Wildman–Crippen MR) is 52.5 cm³/mol. The third-order valence-electron chi connectivity index (χ3n) is 1.46. The Morgan fingerprint density at radius 3 is 2.12 bits per heavy atom. The fraction of sp³-hybridized carbons (Fsp3) is 0. The van der Waals surface area contributed by atoms with Crippen LogP contribution in [0.1, 0.15) is 0 Å². The van der Waals surface area contributed by atoms with Crippen molar-refractivity contribution < 1.29 is 24.3 Å². The lowest BCUT2D eigenvalue weighted by Gasteiger charge is -2.44. The summed E-state index contributed by atoms with van der Waals surface area (Å²) in [7, 11) is -9.12. The summed E-state index contributed by atoms with van der Waals surface area (Å²) >= 11 is 2.80.